The van der Waals surface area contributed by atoms with Crippen LogP contribution in [0.4, 0.5) is 0 Å². The first kappa shape index (κ1) is 27.5. The average Bonchev–Trinajstić information content (AvgIpc) is 2.91. The number of hydrogen-bond acceptors (Lipinski definition) is 7. The predicted octanol–water partition coefficient (Wildman–Crippen LogP) is 3.97. The molecule has 4 rings (SSSR count). The zero-order valence-corrected chi connectivity index (χ0v) is 21.0. The fourth-order valence-corrected chi connectivity index (χ4v) is 4.01. The maximum Gasteiger partial charge on any atom is 0.414 e. The Kier molecular flexibility index (Phi) is 10.3. The van der Waals surface area contributed by atoms with Crippen LogP contribution in [0.3, 0.4) is 0 Å². The molecule has 1 aliphatic heterocycles. The van der Waals surface area contributed by atoms with Gasteiger partial charge in [0.2, 0.25) is 0 Å². The van der Waals surface area contributed by atoms with Crippen molar-refractivity contribution in [2.45, 2.75) is 13.1 Å². The summed E-state index contributed by atoms with van der Waals surface area (Å²) in [6, 6.07) is 24.4. The Bertz CT molecular complexity index is 1150. The van der Waals surface area contributed by atoms with Gasteiger partial charge >= 0.3 is 11.9 Å². The van der Waals surface area contributed by atoms with Crippen molar-refractivity contribution in [3.05, 3.63) is 83.9 Å². The Morgan fingerprint density at radius 3 is 1.92 bits per heavy atom. The topological polar surface area (TPSA) is 109 Å². The Labute approximate surface area is 216 Å². The SMILES string of the molecule is COc1cccc(CN2CCN(Cc3cccc(Oc4ccccc4)c3)CC2)c1OC.O=C(O)C(=O)O. The molecule has 9 heteroatoms. The van der Waals surface area contributed by atoms with Crippen LogP contribution in [0.5, 0.6) is 23.0 Å². The monoisotopic (exact) mass is 508 g/mol. The van der Waals surface area contributed by atoms with Crippen molar-refractivity contribution in [3.8, 4) is 23.0 Å². The molecule has 1 fully saturated rings. The van der Waals surface area contributed by atoms with Gasteiger partial charge in [-0.2, -0.15) is 0 Å². The number of rotatable bonds is 8. The van der Waals surface area contributed by atoms with E-state index in [1.54, 1.807) is 14.2 Å². The molecule has 0 saturated carbocycles. The van der Waals surface area contributed by atoms with Gasteiger partial charge in [0.1, 0.15) is 11.5 Å². The Hall–Kier alpha value is -4.08. The minimum absolute atomic E-state index is 0.788. The highest BCUT2D eigenvalue weighted by atomic mass is 16.5. The third kappa shape index (κ3) is 8.52. The lowest BCUT2D eigenvalue weighted by Crippen LogP contribution is -2.45. The molecule has 2 N–H and O–H groups in total. The maximum atomic E-state index is 9.10. The van der Waals surface area contributed by atoms with Gasteiger partial charge in [-0.1, -0.05) is 42.5 Å². The van der Waals surface area contributed by atoms with Crippen molar-refractivity contribution in [1.82, 2.24) is 9.80 Å². The fourth-order valence-electron chi connectivity index (χ4n) is 4.01. The van der Waals surface area contributed by atoms with Gasteiger partial charge in [-0.15, -0.1) is 0 Å². The highest BCUT2D eigenvalue weighted by Crippen LogP contribution is 2.31. The van der Waals surface area contributed by atoms with Crippen LogP contribution in [0.15, 0.2) is 72.8 Å². The number of para-hydroxylation sites is 2. The summed E-state index contributed by atoms with van der Waals surface area (Å²) in [5.41, 5.74) is 2.44. The van der Waals surface area contributed by atoms with Gasteiger partial charge in [-0.05, 0) is 35.9 Å². The smallest absolute Gasteiger partial charge is 0.414 e. The van der Waals surface area contributed by atoms with Crippen LogP contribution in [0.2, 0.25) is 0 Å². The quantitative estimate of drug-likeness (QED) is 0.437. The van der Waals surface area contributed by atoms with E-state index in [1.165, 1.54) is 11.1 Å². The molecule has 3 aromatic rings. The van der Waals surface area contributed by atoms with Crippen LogP contribution in [-0.2, 0) is 22.7 Å². The minimum Gasteiger partial charge on any atom is -0.493 e. The molecular weight excluding hydrogens is 476 g/mol. The fraction of sp³-hybridized carbons (Fsp3) is 0.286. The third-order valence-corrected chi connectivity index (χ3v) is 5.81. The van der Waals surface area contributed by atoms with Gasteiger partial charge in [-0.3, -0.25) is 9.80 Å². The molecule has 0 unspecified atom stereocenters. The van der Waals surface area contributed by atoms with Gasteiger partial charge in [0.05, 0.1) is 14.2 Å². The lowest BCUT2D eigenvalue weighted by molar-refractivity contribution is -0.159. The Morgan fingerprint density at radius 1 is 0.730 bits per heavy atom. The van der Waals surface area contributed by atoms with Crippen LogP contribution in [0.25, 0.3) is 0 Å². The number of carbonyl (C=O) groups is 2. The second-order valence-electron chi connectivity index (χ2n) is 8.38. The number of hydrogen-bond donors (Lipinski definition) is 2. The van der Waals surface area contributed by atoms with E-state index in [1.807, 2.05) is 48.5 Å². The molecule has 0 spiro atoms. The summed E-state index contributed by atoms with van der Waals surface area (Å²) in [4.78, 5) is 23.2. The maximum absolute atomic E-state index is 9.10. The Balaban J connectivity index is 0.000000568. The van der Waals surface area contributed by atoms with Crippen molar-refractivity contribution in [2.24, 2.45) is 0 Å². The summed E-state index contributed by atoms with van der Waals surface area (Å²) in [5.74, 6) is -0.280. The number of ether oxygens (including phenoxy) is 3. The van der Waals surface area contributed by atoms with Gasteiger partial charge in [0.15, 0.2) is 11.5 Å². The van der Waals surface area contributed by atoms with Crippen LogP contribution in [-0.4, -0.2) is 72.4 Å². The standard InChI is InChI=1S/C26H30N2O3.C2H2O4/c1-29-25-13-7-9-22(26(25)30-2)20-28-16-14-27(15-17-28)19-21-8-6-12-24(18-21)31-23-10-4-3-5-11-23;3-1(4)2(5)6/h3-13,18H,14-17,19-20H2,1-2H3;(H,3,4)(H,5,6). The number of benzene rings is 3. The molecule has 0 amide bonds. The van der Waals surface area contributed by atoms with Gasteiger partial charge < -0.3 is 24.4 Å². The van der Waals surface area contributed by atoms with Crippen molar-refractivity contribution >= 4 is 11.9 Å². The average molecular weight is 509 g/mol. The summed E-state index contributed by atoms with van der Waals surface area (Å²) in [6.45, 7) is 5.93. The summed E-state index contributed by atoms with van der Waals surface area (Å²) in [7, 11) is 3.38. The van der Waals surface area contributed by atoms with E-state index in [0.29, 0.717) is 0 Å². The summed E-state index contributed by atoms with van der Waals surface area (Å²) in [6.07, 6.45) is 0. The minimum atomic E-state index is -1.82. The zero-order valence-electron chi connectivity index (χ0n) is 21.0. The second kappa shape index (κ2) is 13.9. The van der Waals surface area contributed by atoms with Gasteiger partial charge in [-0.25, -0.2) is 9.59 Å². The first-order valence-electron chi connectivity index (χ1n) is 11.8. The summed E-state index contributed by atoms with van der Waals surface area (Å²) in [5, 5.41) is 14.8. The number of carboxylic acid groups (broad SMARTS) is 2. The molecule has 0 radical (unpaired) electrons. The number of carboxylic acids is 2. The molecule has 37 heavy (non-hydrogen) atoms. The first-order chi connectivity index (χ1) is 17.9. The number of methoxy groups -OCH3 is 2. The van der Waals surface area contributed by atoms with E-state index in [4.69, 9.17) is 34.0 Å². The number of aliphatic carboxylic acids is 2. The molecule has 9 nitrogen and oxygen atoms in total. The highest BCUT2D eigenvalue weighted by Gasteiger charge is 2.19. The van der Waals surface area contributed by atoms with E-state index < -0.39 is 11.9 Å². The largest absolute Gasteiger partial charge is 0.493 e. The van der Waals surface area contributed by atoms with Crippen LogP contribution >= 0.6 is 0 Å². The molecular formula is C28H32N2O7. The molecule has 0 atom stereocenters. The van der Waals surface area contributed by atoms with Crippen LogP contribution in [0, 0.1) is 0 Å². The zero-order chi connectivity index (χ0) is 26.6. The lowest BCUT2D eigenvalue weighted by Gasteiger charge is -2.35. The van der Waals surface area contributed by atoms with E-state index in [2.05, 4.69) is 34.1 Å². The van der Waals surface area contributed by atoms with Crippen molar-refractivity contribution in [2.75, 3.05) is 40.4 Å². The second-order valence-corrected chi connectivity index (χ2v) is 8.38. The normalized spacial score (nSPS) is 13.7. The van der Waals surface area contributed by atoms with Crippen molar-refractivity contribution in [3.63, 3.8) is 0 Å². The van der Waals surface area contributed by atoms with E-state index in [-0.39, 0.29) is 0 Å². The first-order valence-corrected chi connectivity index (χ1v) is 11.8. The molecule has 0 aliphatic carbocycles. The number of nitrogens with zero attached hydrogens (tertiary/aromatic N) is 2. The van der Waals surface area contributed by atoms with Gasteiger partial charge in [0.25, 0.3) is 0 Å². The lowest BCUT2D eigenvalue weighted by atomic mass is 10.1. The number of piperazine rings is 1. The highest BCUT2D eigenvalue weighted by molar-refractivity contribution is 6.27. The van der Waals surface area contributed by atoms with E-state index in [9.17, 15) is 0 Å². The van der Waals surface area contributed by atoms with Crippen LogP contribution in [0.1, 0.15) is 11.1 Å². The van der Waals surface area contributed by atoms with Crippen LogP contribution < -0.4 is 14.2 Å². The summed E-state index contributed by atoms with van der Waals surface area (Å²) >= 11 is 0. The molecule has 196 valence electrons. The van der Waals surface area contributed by atoms with Crippen molar-refractivity contribution in [1.29, 1.82) is 0 Å². The van der Waals surface area contributed by atoms with Crippen molar-refractivity contribution < 1.29 is 34.0 Å². The predicted molar refractivity (Wildman–Crippen MR) is 138 cm³/mol. The Morgan fingerprint density at radius 2 is 1.32 bits per heavy atom. The third-order valence-electron chi connectivity index (χ3n) is 5.81. The molecule has 3 aromatic carbocycles. The van der Waals surface area contributed by atoms with Gasteiger partial charge in [0, 0.05) is 44.8 Å². The molecule has 1 aliphatic rings. The molecule has 0 aromatic heterocycles. The molecule has 1 heterocycles. The summed E-state index contributed by atoms with van der Waals surface area (Å²) < 4.78 is 17.0. The van der Waals surface area contributed by atoms with E-state index >= 15 is 0 Å². The molecule has 0 bridgehead atoms. The van der Waals surface area contributed by atoms with E-state index in [0.717, 1.165) is 62.3 Å². The molecule has 1 saturated heterocycles.